The molecule has 1 N–H and O–H groups in total. The van der Waals surface area contributed by atoms with E-state index in [1.54, 1.807) is 0 Å². The Morgan fingerprint density at radius 2 is 2.05 bits per heavy atom. The zero-order chi connectivity index (χ0) is 14.5. The van der Waals surface area contributed by atoms with Gasteiger partial charge in [-0.1, -0.05) is 29.8 Å². The van der Waals surface area contributed by atoms with Crippen LogP contribution in [0.15, 0.2) is 30.3 Å². The zero-order valence-corrected chi connectivity index (χ0v) is 12.6. The number of aromatic nitrogens is 2. The summed E-state index contributed by atoms with van der Waals surface area (Å²) in [5.74, 6) is 1.12. The molecule has 2 aromatic rings. The third kappa shape index (κ3) is 3.61. The summed E-state index contributed by atoms with van der Waals surface area (Å²) in [5.41, 5.74) is 1.87. The minimum absolute atomic E-state index is 0.0139. The first-order valence-electron chi connectivity index (χ1n) is 6.59. The van der Waals surface area contributed by atoms with Crippen molar-refractivity contribution < 1.29 is 4.74 Å². The second-order valence-corrected chi connectivity index (χ2v) is 4.90. The Kier molecular flexibility index (Phi) is 4.79. The van der Waals surface area contributed by atoms with Gasteiger partial charge in [-0.2, -0.15) is 4.98 Å². The lowest BCUT2D eigenvalue weighted by Crippen LogP contribution is -2.11. The van der Waals surface area contributed by atoms with Crippen LogP contribution >= 0.6 is 11.6 Å². The van der Waals surface area contributed by atoms with Gasteiger partial charge in [0.05, 0.1) is 12.6 Å². The molecule has 0 radical (unpaired) electrons. The largest absolute Gasteiger partial charge is 0.478 e. The van der Waals surface area contributed by atoms with Crippen LogP contribution in [0, 0.1) is 6.92 Å². The molecule has 2 rings (SSSR count). The second-order valence-electron chi connectivity index (χ2n) is 4.49. The van der Waals surface area contributed by atoms with E-state index in [1.165, 1.54) is 0 Å². The molecule has 0 amide bonds. The Labute approximate surface area is 124 Å². The summed E-state index contributed by atoms with van der Waals surface area (Å²) in [5, 5.41) is 3.98. The van der Waals surface area contributed by atoms with Crippen LogP contribution in [0.5, 0.6) is 5.88 Å². The SMILES string of the molecule is CCOc1cc(C)nc(NC(C)c2ccccc2Cl)n1. The van der Waals surface area contributed by atoms with Gasteiger partial charge in [0.15, 0.2) is 0 Å². The number of ether oxygens (including phenoxy) is 1. The quantitative estimate of drug-likeness (QED) is 0.904. The second kappa shape index (κ2) is 6.57. The van der Waals surface area contributed by atoms with E-state index >= 15 is 0 Å². The lowest BCUT2D eigenvalue weighted by Gasteiger charge is -2.16. The maximum absolute atomic E-state index is 6.19. The van der Waals surface area contributed by atoms with Crippen molar-refractivity contribution in [2.45, 2.75) is 26.8 Å². The number of nitrogens with one attached hydrogen (secondary N) is 1. The maximum atomic E-state index is 6.19. The topological polar surface area (TPSA) is 47.0 Å². The van der Waals surface area contributed by atoms with Gasteiger partial charge in [-0.3, -0.25) is 0 Å². The summed E-state index contributed by atoms with van der Waals surface area (Å²) in [6, 6.07) is 9.56. The number of hydrogen-bond acceptors (Lipinski definition) is 4. The van der Waals surface area contributed by atoms with Crippen molar-refractivity contribution in [3.63, 3.8) is 0 Å². The van der Waals surface area contributed by atoms with Crippen molar-refractivity contribution in [2.75, 3.05) is 11.9 Å². The van der Waals surface area contributed by atoms with Crippen LogP contribution in [0.25, 0.3) is 0 Å². The Hall–Kier alpha value is -1.81. The number of halogens is 1. The Bertz CT molecular complexity index is 589. The fourth-order valence-corrected chi connectivity index (χ4v) is 2.22. The summed E-state index contributed by atoms with van der Waals surface area (Å²) >= 11 is 6.19. The number of rotatable bonds is 5. The Morgan fingerprint density at radius 3 is 2.75 bits per heavy atom. The lowest BCUT2D eigenvalue weighted by atomic mass is 10.1. The standard InChI is InChI=1S/C15H18ClN3O/c1-4-20-14-9-10(2)17-15(19-14)18-11(3)12-7-5-6-8-13(12)16/h5-9,11H,4H2,1-3H3,(H,17,18,19). The van der Waals surface area contributed by atoms with Crippen LogP contribution in [0.3, 0.4) is 0 Å². The highest BCUT2D eigenvalue weighted by Gasteiger charge is 2.11. The lowest BCUT2D eigenvalue weighted by molar-refractivity contribution is 0.326. The first kappa shape index (κ1) is 14.6. The summed E-state index contributed by atoms with van der Waals surface area (Å²) < 4.78 is 5.42. The van der Waals surface area contributed by atoms with Crippen LogP contribution < -0.4 is 10.1 Å². The van der Waals surface area contributed by atoms with Crippen molar-refractivity contribution >= 4 is 17.5 Å². The fourth-order valence-electron chi connectivity index (χ4n) is 1.92. The molecule has 1 aromatic carbocycles. The highest BCUT2D eigenvalue weighted by atomic mass is 35.5. The van der Waals surface area contributed by atoms with E-state index in [0.717, 1.165) is 16.3 Å². The third-order valence-corrected chi connectivity index (χ3v) is 3.18. The Morgan fingerprint density at radius 1 is 1.30 bits per heavy atom. The molecule has 0 aliphatic rings. The van der Waals surface area contributed by atoms with E-state index in [1.807, 2.05) is 51.1 Å². The van der Waals surface area contributed by atoms with E-state index in [9.17, 15) is 0 Å². The van der Waals surface area contributed by atoms with Gasteiger partial charge in [-0.05, 0) is 32.4 Å². The van der Waals surface area contributed by atoms with Crippen LogP contribution in [0.1, 0.15) is 31.1 Å². The molecule has 0 fully saturated rings. The molecule has 1 atom stereocenters. The molecule has 20 heavy (non-hydrogen) atoms. The maximum Gasteiger partial charge on any atom is 0.226 e. The molecule has 0 spiro atoms. The predicted molar refractivity (Wildman–Crippen MR) is 81.4 cm³/mol. The van der Waals surface area contributed by atoms with Gasteiger partial charge < -0.3 is 10.1 Å². The van der Waals surface area contributed by atoms with Gasteiger partial charge in [0.2, 0.25) is 11.8 Å². The van der Waals surface area contributed by atoms with Gasteiger partial charge in [-0.15, -0.1) is 0 Å². The first-order chi connectivity index (χ1) is 9.60. The average molecular weight is 292 g/mol. The summed E-state index contributed by atoms with van der Waals surface area (Å²) in [7, 11) is 0. The van der Waals surface area contributed by atoms with Crippen molar-refractivity contribution in [3.8, 4) is 5.88 Å². The molecule has 0 aliphatic heterocycles. The Balaban J connectivity index is 2.19. The molecule has 5 heteroatoms. The van der Waals surface area contributed by atoms with Crippen LogP contribution in [0.4, 0.5) is 5.95 Å². The van der Waals surface area contributed by atoms with E-state index < -0.39 is 0 Å². The fraction of sp³-hybridized carbons (Fsp3) is 0.333. The van der Waals surface area contributed by atoms with E-state index in [2.05, 4.69) is 15.3 Å². The van der Waals surface area contributed by atoms with Gasteiger partial charge >= 0.3 is 0 Å². The molecule has 1 heterocycles. The van der Waals surface area contributed by atoms with Crippen molar-refractivity contribution in [1.29, 1.82) is 0 Å². The van der Waals surface area contributed by atoms with Gasteiger partial charge in [0, 0.05) is 16.8 Å². The van der Waals surface area contributed by atoms with E-state index in [4.69, 9.17) is 16.3 Å². The van der Waals surface area contributed by atoms with Crippen LogP contribution in [-0.4, -0.2) is 16.6 Å². The van der Waals surface area contributed by atoms with Crippen molar-refractivity contribution in [1.82, 2.24) is 9.97 Å². The summed E-state index contributed by atoms with van der Waals surface area (Å²) in [6.45, 7) is 6.44. The first-order valence-corrected chi connectivity index (χ1v) is 6.97. The molecular formula is C15H18ClN3O. The minimum atomic E-state index is 0.0139. The highest BCUT2D eigenvalue weighted by molar-refractivity contribution is 6.31. The van der Waals surface area contributed by atoms with Crippen molar-refractivity contribution in [2.24, 2.45) is 0 Å². The molecule has 1 aromatic heterocycles. The van der Waals surface area contributed by atoms with Crippen LogP contribution in [-0.2, 0) is 0 Å². The summed E-state index contributed by atoms with van der Waals surface area (Å²) in [4.78, 5) is 8.70. The number of benzene rings is 1. The number of nitrogens with zero attached hydrogens (tertiary/aromatic N) is 2. The zero-order valence-electron chi connectivity index (χ0n) is 11.9. The molecule has 0 saturated carbocycles. The van der Waals surface area contributed by atoms with Gasteiger partial charge in [-0.25, -0.2) is 4.98 Å². The van der Waals surface area contributed by atoms with Crippen molar-refractivity contribution in [3.05, 3.63) is 46.6 Å². The highest BCUT2D eigenvalue weighted by Crippen LogP contribution is 2.25. The monoisotopic (exact) mass is 291 g/mol. The van der Waals surface area contributed by atoms with E-state index in [-0.39, 0.29) is 6.04 Å². The normalized spacial score (nSPS) is 12.0. The molecule has 0 aliphatic carbocycles. The number of aryl methyl sites for hydroxylation is 1. The molecule has 0 saturated heterocycles. The predicted octanol–water partition coefficient (Wildman–Crippen LogP) is 4.01. The molecule has 106 valence electrons. The number of anilines is 1. The van der Waals surface area contributed by atoms with Gasteiger partial charge in [0.1, 0.15) is 0 Å². The molecule has 0 bridgehead atoms. The summed E-state index contributed by atoms with van der Waals surface area (Å²) in [6.07, 6.45) is 0. The smallest absolute Gasteiger partial charge is 0.226 e. The minimum Gasteiger partial charge on any atom is -0.478 e. The van der Waals surface area contributed by atoms with Gasteiger partial charge in [0.25, 0.3) is 0 Å². The molecular weight excluding hydrogens is 274 g/mol. The third-order valence-electron chi connectivity index (χ3n) is 2.84. The average Bonchev–Trinajstić information content (AvgIpc) is 2.38. The van der Waals surface area contributed by atoms with Crippen LogP contribution in [0.2, 0.25) is 5.02 Å². The molecule has 1 unspecified atom stereocenters. The van der Waals surface area contributed by atoms with E-state index in [0.29, 0.717) is 18.4 Å². The molecule has 4 nitrogen and oxygen atoms in total. The number of hydrogen-bond donors (Lipinski definition) is 1.